The average Bonchev–Trinajstić information content (AvgIpc) is 2.98. The van der Waals surface area contributed by atoms with Crippen LogP contribution < -0.4 is 10.1 Å². The van der Waals surface area contributed by atoms with Gasteiger partial charge in [0.2, 0.25) is 5.88 Å². The number of thioether (sulfide) groups is 1. The lowest BCUT2D eigenvalue weighted by molar-refractivity contribution is 0.307. The van der Waals surface area contributed by atoms with Gasteiger partial charge in [0.1, 0.15) is 5.82 Å². The van der Waals surface area contributed by atoms with Crippen LogP contribution in [0.15, 0.2) is 28.7 Å². The topological polar surface area (TPSA) is 47.0 Å². The zero-order valence-corrected chi connectivity index (χ0v) is 13.4. The normalized spacial score (nSPS) is 10.5. The molecule has 6 heteroatoms. The van der Waals surface area contributed by atoms with Crippen LogP contribution in [0.25, 0.3) is 0 Å². The molecule has 2 heterocycles. The number of anilines is 1. The molecule has 0 saturated carbocycles. The molecule has 4 nitrogen and oxygen atoms in total. The Morgan fingerprint density at radius 1 is 1.40 bits per heavy atom. The van der Waals surface area contributed by atoms with E-state index in [9.17, 15) is 0 Å². The van der Waals surface area contributed by atoms with E-state index in [4.69, 9.17) is 4.74 Å². The Bertz CT molecular complexity index is 517. The first-order chi connectivity index (χ1) is 9.81. The summed E-state index contributed by atoms with van der Waals surface area (Å²) >= 11 is 3.27. The van der Waals surface area contributed by atoms with Crippen molar-refractivity contribution in [3.8, 4) is 5.88 Å². The van der Waals surface area contributed by atoms with Crippen LogP contribution in [0.5, 0.6) is 5.88 Å². The Morgan fingerprint density at radius 2 is 2.30 bits per heavy atom. The molecule has 0 aliphatic carbocycles. The Hall–Kier alpha value is -1.27. The number of rotatable bonds is 8. The first-order valence-electron chi connectivity index (χ1n) is 6.64. The highest BCUT2D eigenvalue weighted by molar-refractivity contribution is 7.98. The molecule has 0 saturated heterocycles. The molecule has 0 amide bonds. The summed E-state index contributed by atoms with van der Waals surface area (Å²) in [5.41, 5.74) is 0. The fourth-order valence-electron chi connectivity index (χ4n) is 1.62. The van der Waals surface area contributed by atoms with Gasteiger partial charge < -0.3 is 10.1 Å². The van der Waals surface area contributed by atoms with Crippen LogP contribution in [0, 0.1) is 0 Å². The zero-order valence-electron chi connectivity index (χ0n) is 11.8. The maximum Gasteiger partial charge on any atom is 0.219 e. The van der Waals surface area contributed by atoms with E-state index < -0.39 is 0 Å². The van der Waals surface area contributed by atoms with Gasteiger partial charge in [-0.05, 0) is 24.1 Å². The molecule has 0 aromatic carbocycles. The fraction of sp³-hybridized carbons (Fsp3) is 0.429. The van der Waals surface area contributed by atoms with E-state index in [-0.39, 0.29) is 0 Å². The van der Waals surface area contributed by atoms with E-state index >= 15 is 0 Å². The Balaban J connectivity index is 1.94. The van der Waals surface area contributed by atoms with Crippen LogP contribution in [0.1, 0.15) is 18.2 Å². The van der Waals surface area contributed by atoms with Crippen LogP contribution in [0.4, 0.5) is 5.82 Å². The van der Waals surface area contributed by atoms with Crippen LogP contribution in [0.3, 0.4) is 0 Å². The molecular weight excluding hydrogens is 290 g/mol. The lowest BCUT2D eigenvalue weighted by Gasteiger charge is -2.09. The Morgan fingerprint density at radius 3 is 3.00 bits per heavy atom. The minimum atomic E-state index is 0.637. The van der Waals surface area contributed by atoms with Gasteiger partial charge in [0.05, 0.1) is 6.61 Å². The molecular formula is C14H19N3OS2. The van der Waals surface area contributed by atoms with Crippen LogP contribution in [-0.4, -0.2) is 29.4 Å². The van der Waals surface area contributed by atoms with Crippen molar-refractivity contribution in [2.24, 2.45) is 0 Å². The van der Waals surface area contributed by atoms with E-state index in [1.165, 1.54) is 16.6 Å². The number of nitrogens with one attached hydrogen (secondary N) is 1. The number of ether oxygens (including phenoxy) is 1. The molecule has 0 unspecified atom stereocenters. The maximum atomic E-state index is 5.74. The number of thiophene rings is 1. The molecule has 0 bridgehead atoms. The zero-order chi connectivity index (χ0) is 14.2. The van der Waals surface area contributed by atoms with Gasteiger partial charge >= 0.3 is 0 Å². The molecule has 2 aromatic rings. The van der Waals surface area contributed by atoms with Crippen molar-refractivity contribution in [2.75, 3.05) is 24.7 Å². The van der Waals surface area contributed by atoms with Gasteiger partial charge in [-0.3, -0.25) is 0 Å². The second-order valence-electron chi connectivity index (χ2n) is 4.18. The minimum Gasteiger partial charge on any atom is -0.477 e. The molecule has 0 fully saturated rings. The van der Waals surface area contributed by atoms with E-state index in [0.717, 1.165) is 30.4 Å². The molecule has 2 aromatic heterocycles. The lowest BCUT2D eigenvalue weighted by Crippen LogP contribution is -2.06. The first kappa shape index (κ1) is 15.1. The molecule has 0 aliphatic rings. The van der Waals surface area contributed by atoms with Gasteiger partial charge in [-0.15, -0.1) is 11.3 Å². The van der Waals surface area contributed by atoms with Crippen molar-refractivity contribution in [1.82, 2.24) is 9.97 Å². The summed E-state index contributed by atoms with van der Waals surface area (Å²) in [5.74, 6) is 1.47. The third kappa shape index (κ3) is 4.68. The smallest absolute Gasteiger partial charge is 0.219 e. The predicted molar refractivity (Wildman–Crippen MR) is 86.1 cm³/mol. The SMILES string of the molecule is CCCNc1cc(OCCc2cccs2)nc(SC)n1. The molecule has 2 rings (SSSR count). The van der Waals surface area contributed by atoms with Crippen LogP contribution in [0.2, 0.25) is 0 Å². The summed E-state index contributed by atoms with van der Waals surface area (Å²) < 4.78 is 5.74. The van der Waals surface area contributed by atoms with Crippen molar-refractivity contribution < 1.29 is 4.74 Å². The summed E-state index contributed by atoms with van der Waals surface area (Å²) in [4.78, 5) is 10.1. The number of nitrogens with zero attached hydrogens (tertiary/aromatic N) is 2. The molecule has 0 spiro atoms. The summed E-state index contributed by atoms with van der Waals surface area (Å²) in [5, 5.41) is 6.09. The van der Waals surface area contributed by atoms with E-state index in [2.05, 4.69) is 39.7 Å². The van der Waals surface area contributed by atoms with Gasteiger partial charge in [-0.1, -0.05) is 24.8 Å². The van der Waals surface area contributed by atoms with E-state index in [1.807, 2.05) is 12.3 Å². The molecule has 108 valence electrons. The van der Waals surface area contributed by atoms with Gasteiger partial charge in [-0.25, -0.2) is 4.98 Å². The van der Waals surface area contributed by atoms with Crippen molar-refractivity contribution in [3.63, 3.8) is 0 Å². The molecule has 20 heavy (non-hydrogen) atoms. The highest BCUT2D eigenvalue weighted by Crippen LogP contribution is 2.19. The van der Waals surface area contributed by atoms with Gasteiger partial charge in [-0.2, -0.15) is 4.98 Å². The highest BCUT2D eigenvalue weighted by Gasteiger charge is 2.05. The Kier molecular flexibility index (Phi) is 6.14. The van der Waals surface area contributed by atoms with E-state index in [1.54, 1.807) is 11.3 Å². The standard InChI is InChI=1S/C14H19N3OS2/c1-3-7-15-12-10-13(17-14(16-12)19-2)18-8-6-11-5-4-9-20-11/h4-5,9-10H,3,6-8H2,1-2H3,(H,15,16,17). The first-order valence-corrected chi connectivity index (χ1v) is 8.74. The van der Waals surface area contributed by atoms with Crippen molar-refractivity contribution >= 4 is 28.9 Å². The van der Waals surface area contributed by atoms with Crippen LogP contribution in [-0.2, 0) is 6.42 Å². The maximum absolute atomic E-state index is 5.74. The number of hydrogen-bond donors (Lipinski definition) is 1. The summed E-state index contributed by atoms with van der Waals surface area (Å²) in [7, 11) is 0. The highest BCUT2D eigenvalue weighted by atomic mass is 32.2. The van der Waals surface area contributed by atoms with Crippen molar-refractivity contribution in [3.05, 3.63) is 28.5 Å². The van der Waals surface area contributed by atoms with E-state index in [0.29, 0.717) is 12.5 Å². The minimum absolute atomic E-state index is 0.637. The fourth-order valence-corrected chi connectivity index (χ4v) is 2.68. The largest absolute Gasteiger partial charge is 0.477 e. The lowest BCUT2D eigenvalue weighted by atomic mass is 10.4. The summed E-state index contributed by atoms with van der Waals surface area (Å²) in [6.07, 6.45) is 3.94. The second-order valence-corrected chi connectivity index (χ2v) is 5.99. The molecule has 0 atom stereocenters. The van der Waals surface area contributed by atoms with Crippen molar-refractivity contribution in [1.29, 1.82) is 0 Å². The number of aromatic nitrogens is 2. The molecule has 0 aliphatic heterocycles. The third-order valence-electron chi connectivity index (χ3n) is 2.60. The van der Waals surface area contributed by atoms with Gasteiger partial charge in [0, 0.05) is 23.9 Å². The average molecular weight is 309 g/mol. The molecule has 0 radical (unpaired) electrons. The summed E-state index contributed by atoms with van der Waals surface area (Å²) in [6, 6.07) is 6.04. The summed E-state index contributed by atoms with van der Waals surface area (Å²) in [6.45, 7) is 3.67. The number of hydrogen-bond acceptors (Lipinski definition) is 6. The predicted octanol–water partition coefficient (Wildman–Crippen LogP) is 3.70. The monoisotopic (exact) mass is 309 g/mol. The quantitative estimate of drug-likeness (QED) is 0.595. The van der Waals surface area contributed by atoms with Crippen molar-refractivity contribution in [2.45, 2.75) is 24.9 Å². The van der Waals surface area contributed by atoms with Gasteiger partial charge in [0.15, 0.2) is 5.16 Å². The third-order valence-corrected chi connectivity index (χ3v) is 4.08. The molecule has 1 N–H and O–H groups in total. The second kappa shape index (κ2) is 8.11. The Labute approximate surface area is 128 Å². The van der Waals surface area contributed by atoms with Gasteiger partial charge in [0.25, 0.3) is 0 Å². The van der Waals surface area contributed by atoms with Crippen LogP contribution >= 0.6 is 23.1 Å².